The average molecular weight is 1050 g/mol. The van der Waals surface area contributed by atoms with Crippen LogP contribution in [-0.2, 0) is 4.79 Å². The molecule has 2 atom stereocenters. The van der Waals surface area contributed by atoms with Crippen LogP contribution in [0.15, 0.2) is 36.5 Å². The zero-order valence-corrected chi connectivity index (χ0v) is 51.3. The van der Waals surface area contributed by atoms with Crippen molar-refractivity contribution in [2.75, 3.05) is 6.61 Å². The van der Waals surface area contributed by atoms with Gasteiger partial charge in [-0.05, 0) is 44.9 Å². The van der Waals surface area contributed by atoms with Crippen LogP contribution in [0.4, 0.5) is 0 Å². The maximum Gasteiger partial charge on any atom is 0.220 e. The van der Waals surface area contributed by atoms with Gasteiger partial charge in [-0.3, -0.25) is 4.79 Å². The van der Waals surface area contributed by atoms with E-state index >= 15 is 0 Å². The third kappa shape index (κ3) is 63.3. The van der Waals surface area contributed by atoms with Gasteiger partial charge in [0.1, 0.15) is 0 Å². The standard InChI is InChI=1S/C71H137NO3/c1-3-5-7-9-11-13-15-17-19-21-23-25-27-29-31-33-34-35-36-37-38-39-41-43-45-47-49-51-53-55-57-59-61-63-65-67-71(75)72-69(68-73)70(74)66-64-62-60-58-56-54-52-50-48-46-44-42-40-32-30-28-26-24-22-20-18-16-14-12-10-8-6-4-2/h48,50,56,58,64,66,69-70,73-74H,3-47,49,51-55,57,59-63,65,67-68H2,1-2H3,(H,72,75)/b50-48+,58-56+,66-64+. The van der Waals surface area contributed by atoms with E-state index in [-0.39, 0.29) is 12.5 Å². The highest BCUT2D eigenvalue weighted by Gasteiger charge is 2.18. The topological polar surface area (TPSA) is 69.6 Å². The Balaban J connectivity index is 3.45. The number of aliphatic hydroxyl groups is 2. The number of allylic oxidation sites excluding steroid dienone is 5. The molecule has 4 nitrogen and oxygen atoms in total. The zero-order chi connectivity index (χ0) is 54.1. The van der Waals surface area contributed by atoms with E-state index in [0.29, 0.717) is 6.42 Å². The second-order valence-electron chi connectivity index (χ2n) is 23.9. The molecule has 0 aliphatic heterocycles. The molecule has 444 valence electrons. The molecule has 0 aromatic carbocycles. The SMILES string of the molecule is CCCCCCCCCCCCCCCCCCCC/C=C/CC/C=C/CC/C=C/C(O)C(CO)NC(=O)CCCCCCCCCCCCCCCCCCCCCCCCCCCCCCCCCCCCC. The molecular weight excluding hydrogens is 915 g/mol. The second-order valence-corrected chi connectivity index (χ2v) is 23.9. The molecule has 0 aliphatic rings. The molecule has 0 saturated carbocycles. The molecule has 0 bridgehead atoms. The molecule has 4 heteroatoms. The largest absolute Gasteiger partial charge is 0.394 e. The summed E-state index contributed by atoms with van der Waals surface area (Å²) in [6.45, 7) is 4.34. The van der Waals surface area contributed by atoms with E-state index in [4.69, 9.17) is 0 Å². The maximum absolute atomic E-state index is 12.5. The van der Waals surface area contributed by atoms with Crippen LogP contribution in [0.3, 0.4) is 0 Å². The van der Waals surface area contributed by atoms with Crippen molar-refractivity contribution in [3.8, 4) is 0 Å². The number of carbonyl (C=O) groups excluding carboxylic acids is 1. The second kappa shape index (κ2) is 66.9. The number of hydrogen-bond acceptors (Lipinski definition) is 3. The summed E-state index contributed by atoms with van der Waals surface area (Å²) < 4.78 is 0. The fourth-order valence-electron chi connectivity index (χ4n) is 11.1. The van der Waals surface area contributed by atoms with Crippen molar-refractivity contribution < 1.29 is 15.0 Å². The minimum atomic E-state index is -0.870. The molecule has 75 heavy (non-hydrogen) atoms. The lowest BCUT2D eigenvalue weighted by Crippen LogP contribution is -2.45. The monoisotopic (exact) mass is 1050 g/mol. The van der Waals surface area contributed by atoms with E-state index in [1.54, 1.807) is 6.08 Å². The fourth-order valence-corrected chi connectivity index (χ4v) is 11.1. The third-order valence-electron chi connectivity index (χ3n) is 16.4. The zero-order valence-electron chi connectivity index (χ0n) is 51.3. The van der Waals surface area contributed by atoms with Crippen LogP contribution in [0, 0.1) is 0 Å². The van der Waals surface area contributed by atoms with E-state index in [9.17, 15) is 15.0 Å². The molecule has 0 aromatic heterocycles. The Labute approximate surface area is 472 Å². The maximum atomic E-state index is 12.5. The Bertz CT molecular complexity index is 1150. The fraction of sp³-hybridized carbons (Fsp3) is 0.901. The van der Waals surface area contributed by atoms with Gasteiger partial charge in [-0.2, -0.15) is 0 Å². The van der Waals surface area contributed by atoms with Crippen LogP contribution in [0.25, 0.3) is 0 Å². The summed E-state index contributed by atoms with van der Waals surface area (Å²) in [6, 6.07) is -0.645. The number of aliphatic hydroxyl groups excluding tert-OH is 2. The van der Waals surface area contributed by atoms with E-state index in [0.717, 1.165) is 38.5 Å². The van der Waals surface area contributed by atoms with Crippen LogP contribution in [-0.4, -0.2) is 34.9 Å². The summed E-state index contributed by atoms with van der Waals surface area (Å²) >= 11 is 0. The van der Waals surface area contributed by atoms with Crippen molar-refractivity contribution in [2.45, 2.75) is 405 Å². The highest BCUT2D eigenvalue weighted by Crippen LogP contribution is 2.19. The number of carbonyl (C=O) groups is 1. The highest BCUT2D eigenvalue weighted by molar-refractivity contribution is 5.76. The first-order valence-electron chi connectivity index (χ1n) is 34.7. The molecule has 0 aliphatic carbocycles. The third-order valence-corrected chi connectivity index (χ3v) is 16.4. The predicted octanol–water partition coefficient (Wildman–Crippen LogP) is 23.5. The van der Waals surface area contributed by atoms with E-state index < -0.39 is 12.1 Å². The Kier molecular flexibility index (Phi) is 65.6. The number of hydrogen-bond donors (Lipinski definition) is 3. The van der Waals surface area contributed by atoms with Gasteiger partial charge in [0.05, 0.1) is 18.8 Å². The van der Waals surface area contributed by atoms with Crippen LogP contribution >= 0.6 is 0 Å². The number of unbranched alkanes of at least 4 members (excludes halogenated alkanes) is 54. The van der Waals surface area contributed by atoms with E-state index in [1.165, 1.54) is 334 Å². The molecule has 1 amide bonds. The van der Waals surface area contributed by atoms with Crippen molar-refractivity contribution in [3.63, 3.8) is 0 Å². The lowest BCUT2D eigenvalue weighted by Gasteiger charge is -2.19. The normalized spacial score (nSPS) is 12.9. The van der Waals surface area contributed by atoms with Gasteiger partial charge in [0.2, 0.25) is 5.91 Å². The molecule has 0 aromatic rings. The smallest absolute Gasteiger partial charge is 0.220 e. The summed E-state index contributed by atoms with van der Waals surface area (Å²) in [4.78, 5) is 12.5. The van der Waals surface area contributed by atoms with Crippen molar-refractivity contribution >= 4 is 5.91 Å². The van der Waals surface area contributed by atoms with Gasteiger partial charge in [-0.15, -0.1) is 0 Å². The average Bonchev–Trinajstić information content (AvgIpc) is 3.41. The van der Waals surface area contributed by atoms with Gasteiger partial charge in [0.25, 0.3) is 0 Å². The lowest BCUT2D eigenvalue weighted by atomic mass is 10.0. The first-order valence-corrected chi connectivity index (χ1v) is 34.7. The van der Waals surface area contributed by atoms with Gasteiger partial charge >= 0.3 is 0 Å². The van der Waals surface area contributed by atoms with Gasteiger partial charge in [-0.1, -0.05) is 378 Å². The van der Waals surface area contributed by atoms with Crippen LogP contribution in [0.1, 0.15) is 393 Å². The van der Waals surface area contributed by atoms with Crippen molar-refractivity contribution in [1.82, 2.24) is 5.32 Å². The summed E-state index contributed by atoms with van der Waals surface area (Å²) in [7, 11) is 0. The molecule has 0 spiro atoms. The van der Waals surface area contributed by atoms with E-state index in [1.807, 2.05) is 6.08 Å². The highest BCUT2D eigenvalue weighted by atomic mass is 16.3. The van der Waals surface area contributed by atoms with Crippen LogP contribution < -0.4 is 5.32 Å². The number of amides is 1. The number of nitrogens with one attached hydrogen (secondary N) is 1. The minimum Gasteiger partial charge on any atom is -0.394 e. The van der Waals surface area contributed by atoms with Gasteiger partial charge in [-0.25, -0.2) is 0 Å². The molecular formula is C71H137NO3. The Morgan fingerprint density at radius 3 is 0.773 bits per heavy atom. The lowest BCUT2D eigenvalue weighted by molar-refractivity contribution is -0.123. The summed E-state index contributed by atoms with van der Waals surface area (Å²) in [5.41, 5.74) is 0. The molecule has 0 radical (unpaired) electrons. The number of rotatable bonds is 65. The van der Waals surface area contributed by atoms with Crippen LogP contribution in [0.2, 0.25) is 0 Å². The van der Waals surface area contributed by atoms with Crippen molar-refractivity contribution in [1.29, 1.82) is 0 Å². The van der Waals surface area contributed by atoms with Gasteiger partial charge in [0.15, 0.2) is 0 Å². The Hall–Kier alpha value is -1.39. The van der Waals surface area contributed by atoms with Gasteiger partial charge < -0.3 is 15.5 Å². The summed E-state index contributed by atoms with van der Waals surface area (Å²) in [5.74, 6) is -0.0695. The summed E-state index contributed by atoms with van der Waals surface area (Å²) in [6.07, 6.45) is 92.4. The van der Waals surface area contributed by atoms with E-state index in [2.05, 4.69) is 43.5 Å². The predicted molar refractivity (Wildman–Crippen MR) is 336 cm³/mol. The first kappa shape index (κ1) is 73.6. The molecule has 0 rings (SSSR count). The Morgan fingerprint density at radius 1 is 0.307 bits per heavy atom. The van der Waals surface area contributed by atoms with Crippen molar-refractivity contribution in [2.24, 2.45) is 0 Å². The molecule has 0 saturated heterocycles. The van der Waals surface area contributed by atoms with Crippen molar-refractivity contribution in [3.05, 3.63) is 36.5 Å². The molecule has 0 fully saturated rings. The Morgan fingerprint density at radius 2 is 0.520 bits per heavy atom. The minimum absolute atomic E-state index is 0.0695. The summed E-state index contributed by atoms with van der Waals surface area (Å²) in [5, 5.41) is 23.2. The van der Waals surface area contributed by atoms with Gasteiger partial charge in [0, 0.05) is 6.42 Å². The van der Waals surface area contributed by atoms with Crippen LogP contribution in [0.5, 0.6) is 0 Å². The molecule has 2 unspecified atom stereocenters. The molecule has 0 heterocycles. The quantitative estimate of drug-likeness (QED) is 0.0420. The first-order chi connectivity index (χ1) is 37.2. The molecule has 3 N–H and O–H groups in total.